The van der Waals surface area contributed by atoms with Gasteiger partial charge in [0.25, 0.3) is 0 Å². The summed E-state index contributed by atoms with van der Waals surface area (Å²) in [6, 6.07) is 49.3. The van der Waals surface area contributed by atoms with Crippen LogP contribution in [0.5, 0.6) is 0 Å². The van der Waals surface area contributed by atoms with Crippen LogP contribution >= 0.6 is 0 Å². The van der Waals surface area contributed by atoms with E-state index >= 15 is 0 Å². The first-order chi connectivity index (χ1) is 23.6. The van der Waals surface area contributed by atoms with Gasteiger partial charge in [-0.15, -0.1) is 68.6 Å². The Morgan fingerprint density at radius 1 is 0.569 bits per heavy atom. The second-order valence-corrected chi connectivity index (χ2v) is 14.6. The van der Waals surface area contributed by atoms with E-state index in [9.17, 15) is 0 Å². The Morgan fingerprint density at radius 2 is 1.22 bits per heavy atom. The molecule has 0 unspecified atom stereocenters. The van der Waals surface area contributed by atoms with Gasteiger partial charge in [0.15, 0.2) is 0 Å². The summed E-state index contributed by atoms with van der Waals surface area (Å²) >= 11 is 1.36. The minimum absolute atomic E-state index is 0. The van der Waals surface area contributed by atoms with E-state index in [1.807, 2.05) is 0 Å². The van der Waals surface area contributed by atoms with Gasteiger partial charge >= 0.3 is 30.2 Å². The summed E-state index contributed by atoms with van der Waals surface area (Å²) in [5.74, 6) is 0.573. The average molecular weight is 758 g/mol. The van der Waals surface area contributed by atoms with E-state index in [0.29, 0.717) is 5.92 Å². The Hall–Kier alpha value is -3.84. The fourth-order valence-corrected chi connectivity index (χ4v) is 7.09. The Morgan fingerprint density at radius 3 is 1.92 bits per heavy atom. The van der Waals surface area contributed by atoms with Gasteiger partial charge in [0, 0.05) is 0 Å². The fraction of sp³-hybridized carbons (Fsp3) is 0.184. The number of hydrogen-bond acceptors (Lipinski definition) is 0. The van der Waals surface area contributed by atoms with Crippen molar-refractivity contribution in [2.24, 2.45) is 0 Å². The van der Waals surface area contributed by atoms with Crippen LogP contribution in [-0.2, 0) is 28.8 Å². The third kappa shape index (κ3) is 8.14. The van der Waals surface area contributed by atoms with Crippen LogP contribution in [0.25, 0.3) is 65.3 Å². The molecule has 2 radical (unpaired) electrons. The van der Waals surface area contributed by atoms with Crippen molar-refractivity contribution in [1.82, 2.24) is 0 Å². The van der Waals surface area contributed by atoms with Gasteiger partial charge in [-0.2, -0.15) is 12.1 Å². The molecule has 0 spiro atoms. The Balaban J connectivity index is 0.000000212. The molecule has 8 aromatic carbocycles. The molecular formula is C49H50SiZr-4. The zero-order chi connectivity index (χ0) is 34.9. The first kappa shape index (κ1) is 39.9. The molecule has 0 aliphatic carbocycles. The molecule has 51 heavy (non-hydrogen) atoms. The Kier molecular flexibility index (Phi) is 13.1. The number of rotatable bonds is 3. The molecule has 0 fully saturated rings. The van der Waals surface area contributed by atoms with Crippen LogP contribution in [0.1, 0.15) is 62.8 Å². The normalized spacial score (nSPS) is 11.0. The van der Waals surface area contributed by atoms with Crippen molar-refractivity contribution in [1.29, 1.82) is 0 Å². The number of aryl methyl sites for hydroxylation is 2. The third-order valence-corrected chi connectivity index (χ3v) is 9.83. The van der Waals surface area contributed by atoms with Gasteiger partial charge in [0.1, 0.15) is 0 Å². The van der Waals surface area contributed by atoms with Gasteiger partial charge in [-0.1, -0.05) is 151 Å². The maximum absolute atomic E-state index is 3.06. The summed E-state index contributed by atoms with van der Waals surface area (Å²) in [5.41, 5.74) is 11.0. The van der Waals surface area contributed by atoms with Crippen LogP contribution in [0, 0.1) is 28.7 Å². The molecule has 0 aliphatic rings. The van der Waals surface area contributed by atoms with Gasteiger partial charge < -0.3 is 14.9 Å². The Bertz CT molecular complexity index is 2390. The minimum atomic E-state index is 0. The molecule has 0 nitrogen and oxygen atoms in total. The summed E-state index contributed by atoms with van der Waals surface area (Å²) in [7, 11) is 0. The second-order valence-electron chi connectivity index (χ2n) is 14.6. The number of hydrogen-bond donors (Lipinski definition) is 0. The van der Waals surface area contributed by atoms with E-state index in [1.54, 1.807) is 0 Å². The summed E-state index contributed by atoms with van der Waals surface area (Å²) < 4.78 is 0. The third-order valence-electron chi connectivity index (χ3n) is 9.83. The van der Waals surface area contributed by atoms with E-state index < -0.39 is 0 Å². The molecule has 258 valence electrons. The maximum atomic E-state index is 3.06. The molecule has 0 bridgehead atoms. The topological polar surface area (TPSA) is 0 Å². The van der Waals surface area contributed by atoms with Gasteiger partial charge in [0.05, 0.1) is 0 Å². The molecule has 0 aromatic heterocycles. The Labute approximate surface area is 323 Å². The van der Waals surface area contributed by atoms with Crippen LogP contribution in [-0.4, -0.2) is 6.88 Å². The summed E-state index contributed by atoms with van der Waals surface area (Å²) in [5, 5.41) is 10.7. The fourth-order valence-electron chi connectivity index (χ4n) is 7.09. The second kappa shape index (κ2) is 16.7. The van der Waals surface area contributed by atoms with Gasteiger partial charge in [0.2, 0.25) is 0 Å². The molecule has 0 heterocycles. The molecule has 0 N–H and O–H groups in total. The quantitative estimate of drug-likeness (QED) is 0.0956. The van der Waals surface area contributed by atoms with E-state index in [2.05, 4.69) is 189 Å². The zero-order valence-electron chi connectivity index (χ0n) is 31.8. The molecular weight excluding hydrogens is 708 g/mol. The van der Waals surface area contributed by atoms with E-state index in [0.717, 1.165) is 0 Å². The van der Waals surface area contributed by atoms with E-state index in [1.165, 1.54) is 111 Å². The molecule has 0 atom stereocenters. The average Bonchev–Trinajstić information content (AvgIpc) is 3.74. The van der Waals surface area contributed by atoms with Crippen molar-refractivity contribution < 1.29 is 23.3 Å². The van der Waals surface area contributed by atoms with Crippen molar-refractivity contribution in [3.05, 3.63) is 171 Å². The van der Waals surface area contributed by atoms with Crippen LogP contribution in [0.15, 0.2) is 133 Å². The molecule has 0 aliphatic heterocycles. The van der Waals surface area contributed by atoms with Gasteiger partial charge in [-0.25, -0.2) is 0 Å². The monoisotopic (exact) mass is 756 g/mol. The summed E-state index contributed by atoms with van der Waals surface area (Å²) in [6.07, 6.45) is 0. The van der Waals surface area contributed by atoms with Crippen LogP contribution in [0.4, 0.5) is 0 Å². The first-order valence-corrected chi connectivity index (χ1v) is 21.4. The SMILES string of the molecule is CC(C)c1cc2c(-c3ccc(C(C)(C)C)cc3)cccc2[cH-]1.Cc1cc2c(-c3cccc4c3ccc3ccccc34)ccc(C)c2[cH-]1.[CH3-].[CH3-].[Si]=[Zr]. The van der Waals surface area contributed by atoms with Gasteiger partial charge in [-0.3, -0.25) is 0 Å². The number of fused-ring (bicyclic) bond motifs is 5. The standard InChI is InChI=1S/C25H19.C22H25.2CH3.Si.Zr/c1-16-14-24-17(2)10-12-23(25(24)15-16)21-9-5-8-20-19-7-4-3-6-18(19)11-13-22(20)21;1-15(2)18-13-17-7-6-8-20(21(17)14-18)16-9-11-19(12-10-16)22(3,4)5;;;;/h3-15H,1-2H3;6-15H,1-5H3;2*1H3;;/q4*-1;;. The van der Waals surface area contributed by atoms with Crippen molar-refractivity contribution >= 4 is 50.0 Å². The summed E-state index contributed by atoms with van der Waals surface area (Å²) in [6.45, 7) is 18.7. The van der Waals surface area contributed by atoms with Crippen molar-refractivity contribution in [2.75, 3.05) is 0 Å². The van der Waals surface area contributed by atoms with Gasteiger partial charge in [-0.05, 0) is 49.6 Å². The van der Waals surface area contributed by atoms with E-state index in [-0.39, 0.29) is 20.3 Å². The molecule has 0 saturated carbocycles. The molecule has 8 rings (SSSR count). The zero-order valence-corrected chi connectivity index (χ0v) is 35.2. The predicted molar refractivity (Wildman–Crippen MR) is 226 cm³/mol. The van der Waals surface area contributed by atoms with Crippen molar-refractivity contribution in [3.8, 4) is 22.3 Å². The predicted octanol–water partition coefficient (Wildman–Crippen LogP) is 14.3. The molecule has 2 heteroatoms. The molecule has 8 aromatic rings. The molecule has 0 amide bonds. The molecule has 0 saturated heterocycles. The first-order valence-electron chi connectivity index (χ1n) is 17.2. The van der Waals surface area contributed by atoms with Crippen molar-refractivity contribution in [3.63, 3.8) is 0 Å². The van der Waals surface area contributed by atoms with E-state index in [4.69, 9.17) is 0 Å². The van der Waals surface area contributed by atoms with Crippen molar-refractivity contribution in [2.45, 2.75) is 59.8 Å². The number of benzene rings is 6. The van der Waals surface area contributed by atoms with Crippen LogP contribution < -0.4 is 0 Å². The summed E-state index contributed by atoms with van der Waals surface area (Å²) in [4.78, 5) is 0. The van der Waals surface area contributed by atoms with Crippen LogP contribution in [0.3, 0.4) is 0 Å². The van der Waals surface area contributed by atoms with Crippen LogP contribution in [0.2, 0.25) is 0 Å².